The van der Waals surface area contributed by atoms with E-state index in [0.717, 1.165) is 31.3 Å². The number of carboxylic acids is 2. The molecule has 6 rings (SSSR count). The van der Waals surface area contributed by atoms with E-state index < -0.39 is 70.9 Å². The van der Waals surface area contributed by atoms with Gasteiger partial charge in [0.1, 0.15) is 24.4 Å². The minimum Gasteiger partial charge on any atom is -0.481 e. The molecule has 10 nitrogen and oxygen atoms in total. The van der Waals surface area contributed by atoms with Gasteiger partial charge in [0, 0.05) is 0 Å². The van der Waals surface area contributed by atoms with E-state index in [9.17, 15) is 40.2 Å². The first kappa shape index (κ1) is 34.3. The van der Waals surface area contributed by atoms with Crippen molar-refractivity contribution in [2.75, 3.05) is 6.61 Å². The maximum atomic E-state index is 13.8. The Morgan fingerprint density at radius 1 is 0.870 bits per heavy atom. The molecule has 10 heteroatoms. The largest absolute Gasteiger partial charge is 0.481 e. The first-order chi connectivity index (χ1) is 21.4. The predicted octanol–water partition coefficient (Wildman–Crippen LogP) is 3.98. The smallest absolute Gasteiger partial charge is 0.314 e. The van der Waals surface area contributed by atoms with Crippen LogP contribution in [0.5, 0.6) is 0 Å². The van der Waals surface area contributed by atoms with Crippen molar-refractivity contribution in [3.8, 4) is 0 Å². The summed E-state index contributed by atoms with van der Waals surface area (Å²) in [7, 11) is 0. The molecule has 260 valence electrons. The van der Waals surface area contributed by atoms with Gasteiger partial charge in [0.2, 0.25) is 0 Å². The molecule has 0 aromatic heterocycles. The van der Waals surface area contributed by atoms with Crippen molar-refractivity contribution in [3.63, 3.8) is 0 Å². The van der Waals surface area contributed by atoms with Crippen molar-refractivity contribution >= 4 is 11.9 Å². The summed E-state index contributed by atoms with van der Waals surface area (Å²) < 4.78 is 12.1. The molecule has 5 aliphatic carbocycles. The molecule has 5 fully saturated rings. The van der Waals surface area contributed by atoms with Gasteiger partial charge in [-0.2, -0.15) is 0 Å². The molecule has 0 amide bonds. The van der Waals surface area contributed by atoms with Crippen LogP contribution < -0.4 is 0 Å². The Labute approximate surface area is 272 Å². The minimum absolute atomic E-state index is 0.0692. The topological polar surface area (TPSA) is 174 Å². The number of carbonyl (C=O) groups is 2. The molecule has 1 aliphatic heterocycles. The van der Waals surface area contributed by atoms with Gasteiger partial charge in [-0.05, 0) is 104 Å². The molecule has 0 unspecified atom stereocenters. The van der Waals surface area contributed by atoms with Crippen molar-refractivity contribution in [1.82, 2.24) is 0 Å². The number of fused-ring (bicyclic) bond motifs is 7. The third-order valence-corrected chi connectivity index (χ3v) is 15.3. The molecular formula is C36H56O10. The van der Waals surface area contributed by atoms with Crippen LogP contribution in [0, 0.1) is 56.7 Å². The van der Waals surface area contributed by atoms with Crippen LogP contribution in [0.15, 0.2) is 11.6 Å². The molecular weight excluding hydrogens is 592 g/mol. The maximum absolute atomic E-state index is 13.8. The zero-order chi connectivity index (χ0) is 33.8. The van der Waals surface area contributed by atoms with Crippen molar-refractivity contribution in [3.05, 3.63) is 11.6 Å². The second-order valence-electron chi connectivity index (χ2n) is 17.2. The average Bonchev–Trinajstić information content (AvgIpc) is 2.99. The fourth-order valence-electron chi connectivity index (χ4n) is 12.6. The fraction of sp³-hybridized carbons (Fsp3) is 0.889. The van der Waals surface area contributed by atoms with Gasteiger partial charge < -0.3 is 40.1 Å². The third-order valence-electron chi connectivity index (χ3n) is 15.3. The van der Waals surface area contributed by atoms with Crippen LogP contribution in [0.4, 0.5) is 0 Å². The van der Waals surface area contributed by atoms with Crippen molar-refractivity contribution in [1.29, 1.82) is 0 Å². The van der Waals surface area contributed by atoms with E-state index in [1.165, 1.54) is 0 Å². The Kier molecular flexibility index (Phi) is 8.38. The summed E-state index contributed by atoms with van der Waals surface area (Å²) in [6.45, 7) is 12.6. The van der Waals surface area contributed by atoms with Crippen LogP contribution >= 0.6 is 0 Å². The Morgan fingerprint density at radius 2 is 1.57 bits per heavy atom. The van der Waals surface area contributed by atoms with E-state index in [-0.39, 0.29) is 35.2 Å². The van der Waals surface area contributed by atoms with Crippen molar-refractivity contribution in [2.45, 2.75) is 136 Å². The quantitative estimate of drug-likeness (QED) is 0.189. The summed E-state index contributed by atoms with van der Waals surface area (Å²) in [4.78, 5) is 26.8. The summed E-state index contributed by atoms with van der Waals surface area (Å²) in [5.74, 6) is -1.24. The second kappa shape index (κ2) is 11.2. The summed E-state index contributed by atoms with van der Waals surface area (Å²) in [6, 6.07) is 0. The van der Waals surface area contributed by atoms with Crippen LogP contribution in [0.1, 0.15) is 99.3 Å². The molecule has 1 saturated heterocycles. The van der Waals surface area contributed by atoms with E-state index in [4.69, 9.17) is 9.47 Å². The highest BCUT2D eigenvalue weighted by Gasteiger charge is 2.73. The standard InChI is InChI=1S/C36H56O10/c1-18-9-14-35(30(41)42)15-16-36(31(43)44)20(25(35)19(18)2)7-8-23-33(5)12-11-24(32(3,4)22(33)10-13-34(23,36)6)46-29-28(40)27(39)26(38)21(17-37)45-29/h7,18-19,21-29,37-40H,8-17H2,1-6H3,(H,41,42)(H,43,44)/t18-,19-,21-,22+,23+,24+,25+,26-,27+,28-,29+,33+,34-,35+,36-/m1/s1. The van der Waals surface area contributed by atoms with E-state index in [2.05, 4.69) is 47.6 Å². The van der Waals surface area contributed by atoms with Crippen LogP contribution in [0.3, 0.4) is 0 Å². The Morgan fingerprint density at radius 3 is 2.20 bits per heavy atom. The minimum atomic E-state index is -1.51. The average molecular weight is 649 g/mol. The molecule has 46 heavy (non-hydrogen) atoms. The number of aliphatic hydroxyl groups excluding tert-OH is 4. The highest BCUT2D eigenvalue weighted by atomic mass is 16.7. The lowest BCUT2D eigenvalue weighted by Gasteiger charge is -2.70. The number of hydrogen-bond acceptors (Lipinski definition) is 8. The number of ether oxygens (including phenoxy) is 2. The zero-order valence-corrected chi connectivity index (χ0v) is 28.3. The number of aliphatic carboxylic acids is 2. The SMILES string of the molecule is C[C@@H]1[C@H](C)CC[C@]2(C(=O)O)CC[C@]3(C(=O)O)C(=CC[C@H]4[C@@]5(C)CC[C@H](O[C@@H]6O[C@H](CO)[C@@H](O)[C@H](O)[C@H]6O)C(C)(C)[C@@H]5CC[C@]43C)[C@H]12. The first-order valence-electron chi connectivity index (χ1n) is 17.6. The summed E-state index contributed by atoms with van der Waals surface area (Å²) >= 11 is 0. The van der Waals surface area contributed by atoms with Crippen LogP contribution in [0.2, 0.25) is 0 Å². The van der Waals surface area contributed by atoms with Gasteiger partial charge in [-0.3, -0.25) is 9.59 Å². The maximum Gasteiger partial charge on any atom is 0.314 e. The zero-order valence-electron chi connectivity index (χ0n) is 28.3. The first-order valence-corrected chi connectivity index (χ1v) is 17.6. The number of rotatable bonds is 5. The predicted molar refractivity (Wildman–Crippen MR) is 167 cm³/mol. The third kappa shape index (κ3) is 4.35. The number of hydrogen-bond donors (Lipinski definition) is 6. The van der Waals surface area contributed by atoms with Gasteiger partial charge in [0.05, 0.1) is 23.5 Å². The van der Waals surface area contributed by atoms with E-state index in [1.807, 2.05) is 0 Å². The van der Waals surface area contributed by atoms with Gasteiger partial charge in [-0.25, -0.2) is 0 Å². The Hall–Kier alpha value is -1.56. The van der Waals surface area contributed by atoms with E-state index >= 15 is 0 Å². The van der Waals surface area contributed by atoms with Crippen LogP contribution in [0.25, 0.3) is 0 Å². The highest BCUT2D eigenvalue weighted by molar-refractivity contribution is 5.84. The molecule has 6 N–H and O–H groups in total. The van der Waals surface area contributed by atoms with E-state index in [1.54, 1.807) is 0 Å². The number of aliphatic hydroxyl groups is 4. The molecule has 0 spiro atoms. The highest BCUT2D eigenvalue weighted by Crippen LogP contribution is 2.76. The van der Waals surface area contributed by atoms with E-state index in [0.29, 0.717) is 38.0 Å². The second-order valence-corrected chi connectivity index (χ2v) is 17.2. The molecule has 4 saturated carbocycles. The van der Waals surface area contributed by atoms with Crippen molar-refractivity contribution < 1.29 is 49.7 Å². The monoisotopic (exact) mass is 648 g/mol. The van der Waals surface area contributed by atoms with Crippen LogP contribution in [-0.4, -0.2) is 86.0 Å². The molecule has 1 heterocycles. The molecule has 0 aromatic carbocycles. The molecule has 0 bridgehead atoms. The Bertz CT molecular complexity index is 1260. The molecule has 0 aromatic rings. The number of allylic oxidation sites excluding steroid dienone is 1. The van der Waals surface area contributed by atoms with Gasteiger partial charge >= 0.3 is 11.9 Å². The lowest BCUT2D eigenvalue weighted by atomic mass is 9.33. The van der Waals surface area contributed by atoms with Crippen LogP contribution in [-0.2, 0) is 19.1 Å². The summed E-state index contributed by atoms with van der Waals surface area (Å²) in [6.07, 6.45) is 0.942. The summed E-state index contributed by atoms with van der Waals surface area (Å²) in [5.41, 5.74) is -2.32. The molecule has 6 aliphatic rings. The van der Waals surface area contributed by atoms with Gasteiger partial charge in [0.15, 0.2) is 6.29 Å². The lowest BCUT2D eigenvalue weighted by Crippen LogP contribution is -2.68. The van der Waals surface area contributed by atoms with Gasteiger partial charge in [-0.1, -0.05) is 53.2 Å². The lowest BCUT2D eigenvalue weighted by molar-refractivity contribution is -0.330. The normalized spacial score (nSPS) is 53.1. The van der Waals surface area contributed by atoms with Crippen molar-refractivity contribution in [2.24, 2.45) is 56.7 Å². The van der Waals surface area contributed by atoms with Gasteiger partial charge in [-0.15, -0.1) is 0 Å². The fourth-order valence-corrected chi connectivity index (χ4v) is 12.6. The number of carboxylic acid groups (broad SMARTS) is 2. The van der Waals surface area contributed by atoms with Gasteiger partial charge in [0.25, 0.3) is 0 Å². The molecule has 0 radical (unpaired) electrons. The molecule has 15 atom stereocenters. The Balaban J connectivity index is 1.34. The summed E-state index contributed by atoms with van der Waals surface area (Å²) in [5, 5.41) is 63.0.